The van der Waals surface area contributed by atoms with Crippen LogP contribution in [-0.2, 0) is 4.74 Å². The summed E-state index contributed by atoms with van der Waals surface area (Å²) in [5.41, 5.74) is 0.491. The largest absolute Gasteiger partial charge is 0.366 e. The van der Waals surface area contributed by atoms with Crippen LogP contribution in [0, 0.1) is 5.41 Å². The van der Waals surface area contributed by atoms with Crippen molar-refractivity contribution in [3.8, 4) is 0 Å². The highest BCUT2D eigenvalue weighted by Crippen LogP contribution is 2.44. The smallest absolute Gasteiger partial charge is 0.113 e. The number of ether oxygens (including phenoxy) is 1. The molecular formula is C11H21NO. The summed E-state index contributed by atoms with van der Waals surface area (Å²) in [7, 11) is 1.85. The first-order valence-corrected chi connectivity index (χ1v) is 5.64. The van der Waals surface area contributed by atoms with Crippen molar-refractivity contribution in [2.24, 2.45) is 5.41 Å². The number of methoxy groups -OCH3 is 1. The molecule has 76 valence electrons. The van der Waals surface area contributed by atoms with Gasteiger partial charge >= 0.3 is 0 Å². The second kappa shape index (κ2) is 3.97. The predicted molar refractivity (Wildman–Crippen MR) is 53.6 cm³/mol. The Hall–Kier alpha value is -0.0800. The Kier molecular flexibility index (Phi) is 2.89. The van der Waals surface area contributed by atoms with E-state index in [1.807, 2.05) is 7.11 Å². The lowest BCUT2D eigenvalue weighted by molar-refractivity contribution is -0.0771. The maximum absolute atomic E-state index is 5.57. The van der Waals surface area contributed by atoms with Gasteiger partial charge in [0.25, 0.3) is 0 Å². The summed E-state index contributed by atoms with van der Waals surface area (Å²) in [6.45, 7) is 1.14. The van der Waals surface area contributed by atoms with Gasteiger partial charge in [-0.3, -0.25) is 5.32 Å². The van der Waals surface area contributed by atoms with Gasteiger partial charge in [-0.2, -0.15) is 0 Å². The third kappa shape index (κ3) is 1.75. The Bertz CT molecular complexity index is 155. The third-order valence-corrected chi connectivity index (χ3v) is 3.82. The Morgan fingerprint density at radius 2 is 1.77 bits per heavy atom. The molecule has 2 heteroatoms. The molecule has 1 heterocycles. The van der Waals surface area contributed by atoms with E-state index in [1.165, 1.54) is 44.9 Å². The lowest BCUT2D eigenvalue weighted by Gasteiger charge is -2.46. The molecule has 0 aromatic carbocycles. The average molecular weight is 183 g/mol. The van der Waals surface area contributed by atoms with E-state index in [0.29, 0.717) is 11.6 Å². The number of hydrogen-bond acceptors (Lipinski definition) is 2. The van der Waals surface area contributed by atoms with E-state index in [2.05, 4.69) is 5.32 Å². The van der Waals surface area contributed by atoms with E-state index in [9.17, 15) is 0 Å². The summed E-state index contributed by atoms with van der Waals surface area (Å²) in [4.78, 5) is 0. The molecule has 1 aliphatic heterocycles. The molecule has 0 aromatic heterocycles. The quantitative estimate of drug-likeness (QED) is 0.673. The van der Waals surface area contributed by atoms with Crippen molar-refractivity contribution in [3.05, 3.63) is 0 Å². The molecule has 2 fully saturated rings. The molecule has 0 amide bonds. The minimum absolute atomic E-state index is 0.335. The van der Waals surface area contributed by atoms with E-state index in [-0.39, 0.29) is 0 Å². The molecule has 1 N–H and O–H groups in total. The summed E-state index contributed by atoms with van der Waals surface area (Å²) in [6.07, 6.45) is 10.0. The second-order valence-corrected chi connectivity index (χ2v) is 4.60. The lowest BCUT2D eigenvalue weighted by Crippen LogP contribution is -2.51. The van der Waals surface area contributed by atoms with E-state index in [4.69, 9.17) is 4.74 Å². The second-order valence-electron chi connectivity index (χ2n) is 4.60. The molecule has 0 bridgehead atoms. The van der Waals surface area contributed by atoms with Gasteiger partial charge in [-0.05, 0) is 32.2 Å². The Labute approximate surface area is 81.0 Å². The molecule has 1 aliphatic carbocycles. The fourth-order valence-corrected chi connectivity index (χ4v) is 3.12. The molecular weight excluding hydrogens is 162 g/mol. The fourth-order valence-electron chi connectivity index (χ4n) is 3.12. The molecule has 0 radical (unpaired) electrons. The minimum atomic E-state index is 0.335. The maximum Gasteiger partial charge on any atom is 0.113 e. The van der Waals surface area contributed by atoms with Crippen LogP contribution in [0.1, 0.15) is 44.9 Å². The van der Waals surface area contributed by atoms with Gasteiger partial charge in [-0.1, -0.05) is 19.3 Å². The SMILES string of the molecule is COC1NCCCC12CCCCC2. The minimum Gasteiger partial charge on any atom is -0.366 e. The molecule has 0 aromatic rings. The summed E-state index contributed by atoms with van der Waals surface area (Å²) in [5, 5.41) is 3.51. The van der Waals surface area contributed by atoms with Crippen molar-refractivity contribution in [1.82, 2.24) is 5.32 Å². The van der Waals surface area contributed by atoms with Gasteiger partial charge in [0.05, 0.1) is 0 Å². The average Bonchev–Trinajstić information content (AvgIpc) is 2.20. The van der Waals surface area contributed by atoms with Crippen LogP contribution in [-0.4, -0.2) is 19.9 Å². The van der Waals surface area contributed by atoms with Crippen LogP contribution in [0.25, 0.3) is 0 Å². The zero-order valence-corrected chi connectivity index (χ0v) is 8.64. The molecule has 1 saturated carbocycles. The summed E-state index contributed by atoms with van der Waals surface area (Å²) < 4.78 is 5.57. The van der Waals surface area contributed by atoms with E-state index >= 15 is 0 Å². The van der Waals surface area contributed by atoms with Gasteiger partial charge in [0.15, 0.2) is 0 Å². The molecule has 1 atom stereocenters. The molecule has 2 nitrogen and oxygen atoms in total. The molecule has 1 unspecified atom stereocenters. The lowest BCUT2D eigenvalue weighted by atomic mass is 9.68. The van der Waals surface area contributed by atoms with Gasteiger partial charge in [0.2, 0.25) is 0 Å². The zero-order valence-electron chi connectivity index (χ0n) is 8.64. The number of hydrogen-bond donors (Lipinski definition) is 1. The number of nitrogens with one attached hydrogen (secondary N) is 1. The highest BCUT2D eigenvalue weighted by atomic mass is 16.5. The van der Waals surface area contributed by atoms with Crippen LogP contribution in [0.15, 0.2) is 0 Å². The first kappa shape index (κ1) is 9.47. The van der Waals surface area contributed by atoms with Crippen molar-refractivity contribution in [2.75, 3.05) is 13.7 Å². The molecule has 13 heavy (non-hydrogen) atoms. The van der Waals surface area contributed by atoms with Crippen LogP contribution in [0.2, 0.25) is 0 Å². The molecule has 2 aliphatic rings. The number of rotatable bonds is 1. The predicted octanol–water partition coefficient (Wildman–Crippen LogP) is 2.29. The molecule has 1 spiro atoms. The van der Waals surface area contributed by atoms with Gasteiger partial charge in [-0.15, -0.1) is 0 Å². The monoisotopic (exact) mass is 183 g/mol. The van der Waals surface area contributed by atoms with E-state index in [0.717, 1.165) is 6.54 Å². The van der Waals surface area contributed by atoms with Crippen LogP contribution in [0.4, 0.5) is 0 Å². The van der Waals surface area contributed by atoms with Crippen molar-refractivity contribution in [2.45, 2.75) is 51.2 Å². The normalized spacial score (nSPS) is 33.5. The summed E-state index contributed by atoms with van der Waals surface area (Å²) >= 11 is 0. The fraction of sp³-hybridized carbons (Fsp3) is 1.00. The Balaban J connectivity index is 2.06. The first-order valence-electron chi connectivity index (χ1n) is 5.64. The highest BCUT2D eigenvalue weighted by Gasteiger charge is 2.41. The Morgan fingerprint density at radius 1 is 1.08 bits per heavy atom. The van der Waals surface area contributed by atoms with Gasteiger partial charge in [0, 0.05) is 12.5 Å². The Morgan fingerprint density at radius 3 is 2.46 bits per heavy atom. The molecule has 2 rings (SSSR count). The maximum atomic E-state index is 5.57. The number of piperidine rings is 1. The van der Waals surface area contributed by atoms with Crippen LogP contribution < -0.4 is 5.32 Å². The zero-order chi connectivity index (χ0) is 9.15. The summed E-state index contributed by atoms with van der Waals surface area (Å²) in [5.74, 6) is 0. The van der Waals surface area contributed by atoms with Crippen LogP contribution >= 0.6 is 0 Å². The highest BCUT2D eigenvalue weighted by molar-refractivity contribution is 4.91. The standard InChI is InChI=1S/C11H21NO/c1-13-10-11(8-5-9-12-10)6-3-2-4-7-11/h10,12H,2-9H2,1H3. The summed E-state index contributed by atoms with van der Waals surface area (Å²) in [6, 6.07) is 0. The van der Waals surface area contributed by atoms with Crippen molar-refractivity contribution >= 4 is 0 Å². The van der Waals surface area contributed by atoms with Gasteiger partial charge < -0.3 is 4.74 Å². The third-order valence-electron chi connectivity index (χ3n) is 3.82. The van der Waals surface area contributed by atoms with Crippen molar-refractivity contribution < 1.29 is 4.74 Å². The van der Waals surface area contributed by atoms with Gasteiger partial charge in [-0.25, -0.2) is 0 Å². The molecule has 1 saturated heterocycles. The van der Waals surface area contributed by atoms with E-state index < -0.39 is 0 Å². The van der Waals surface area contributed by atoms with Gasteiger partial charge in [0.1, 0.15) is 6.23 Å². The van der Waals surface area contributed by atoms with Crippen LogP contribution in [0.5, 0.6) is 0 Å². The first-order chi connectivity index (χ1) is 6.37. The topological polar surface area (TPSA) is 21.3 Å². The van der Waals surface area contributed by atoms with Crippen molar-refractivity contribution in [1.29, 1.82) is 0 Å². The van der Waals surface area contributed by atoms with Crippen molar-refractivity contribution in [3.63, 3.8) is 0 Å². The van der Waals surface area contributed by atoms with E-state index in [1.54, 1.807) is 0 Å². The van der Waals surface area contributed by atoms with Crippen LogP contribution in [0.3, 0.4) is 0 Å².